The molecule has 2 N–H and O–H groups in total. The second-order valence-electron chi connectivity index (χ2n) is 4.05. The van der Waals surface area contributed by atoms with Crippen LogP contribution in [0.5, 0.6) is 0 Å². The van der Waals surface area contributed by atoms with Crippen molar-refractivity contribution in [2.24, 2.45) is 11.7 Å². The predicted octanol–water partition coefficient (Wildman–Crippen LogP) is 1.33. The van der Waals surface area contributed by atoms with E-state index in [1.807, 2.05) is 0 Å². The third-order valence-corrected chi connectivity index (χ3v) is 2.13. The summed E-state index contributed by atoms with van der Waals surface area (Å²) in [6.45, 7) is 12.2. The van der Waals surface area contributed by atoms with Gasteiger partial charge in [-0.25, -0.2) is 0 Å². The maximum absolute atomic E-state index is 5.53. The summed E-state index contributed by atoms with van der Waals surface area (Å²) in [7, 11) is 0. The van der Waals surface area contributed by atoms with Gasteiger partial charge in [0.15, 0.2) is 0 Å². The van der Waals surface area contributed by atoms with E-state index in [1.54, 1.807) is 0 Å². The highest BCUT2D eigenvalue weighted by Gasteiger charge is 2.01. The Hall–Kier alpha value is -0.120. The Morgan fingerprint density at radius 1 is 1.29 bits per heavy atom. The Bertz CT molecular complexity index is 118. The number of ether oxygens (including phenoxy) is 1. The average molecular weight is 202 g/mol. The summed E-state index contributed by atoms with van der Waals surface area (Å²) in [6, 6.07) is 0. The molecule has 0 aromatic rings. The van der Waals surface area contributed by atoms with Crippen LogP contribution in [0.25, 0.3) is 0 Å². The molecule has 0 fully saturated rings. The summed E-state index contributed by atoms with van der Waals surface area (Å²) < 4.78 is 5.53. The number of hydrogen-bond donors (Lipinski definition) is 1. The Labute approximate surface area is 88.6 Å². The van der Waals surface area contributed by atoms with Crippen molar-refractivity contribution in [2.75, 3.05) is 39.4 Å². The first-order valence-electron chi connectivity index (χ1n) is 5.70. The van der Waals surface area contributed by atoms with Gasteiger partial charge in [-0.2, -0.15) is 0 Å². The normalized spacial score (nSPS) is 11.6. The zero-order chi connectivity index (χ0) is 10.8. The summed E-state index contributed by atoms with van der Waals surface area (Å²) in [5.41, 5.74) is 5.47. The van der Waals surface area contributed by atoms with Crippen LogP contribution >= 0.6 is 0 Å². The number of rotatable bonds is 9. The lowest BCUT2D eigenvalue weighted by atomic mass is 10.2. The molecule has 0 amide bonds. The molecule has 0 saturated carbocycles. The van der Waals surface area contributed by atoms with Crippen molar-refractivity contribution in [1.82, 2.24) is 4.90 Å². The highest BCUT2D eigenvalue weighted by atomic mass is 16.5. The smallest absolute Gasteiger partial charge is 0.0593 e. The molecule has 86 valence electrons. The van der Waals surface area contributed by atoms with Crippen LogP contribution in [-0.4, -0.2) is 44.3 Å². The fourth-order valence-corrected chi connectivity index (χ4v) is 1.26. The number of nitrogens with zero attached hydrogens (tertiary/aromatic N) is 1. The maximum atomic E-state index is 5.53. The molecule has 0 spiro atoms. The number of likely N-dealkylation sites (N-methyl/N-ethyl adjacent to an activating group) is 1. The van der Waals surface area contributed by atoms with Crippen molar-refractivity contribution >= 4 is 0 Å². The molecule has 3 heteroatoms. The highest BCUT2D eigenvalue weighted by Crippen LogP contribution is 1.94. The van der Waals surface area contributed by atoms with Gasteiger partial charge in [-0.05, 0) is 32.0 Å². The van der Waals surface area contributed by atoms with Gasteiger partial charge in [0.05, 0.1) is 6.61 Å². The quantitative estimate of drug-likeness (QED) is 0.573. The van der Waals surface area contributed by atoms with E-state index in [4.69, 9.17) is 10.5 Å². The molecular formula is C11H26N2O. The monoisotopic (exact) mass is 202 g/mol. The van der Waals surface area contributed by atoms with E-state index in [1.165, 1.54) is 0 Å². The van der Waals surface area contributed by atoms with Crippen LogP contribution in [0.1, 0.15) is 27.2 Å². The summed E-state index contributed by atoms with van der Waals surface area (Å²) >= 11 is 0. The van der Waals surface area contributed by atoms with Gasteiger partial charge in [-0.1, -0.05) is 20.8 Å². The minimum Gasteiger partial charge on any atom is -0.380 e. The zero-order valence-corrected chi connectivity index (χ0v) is 9.96. The molecule has 0 aliphatic rings. The molecule has 14 heavy (non-hydrogen) atoms. The Balaban J connectivity index is 3.33. The molecule has 0 aromatic carbocycles. The molecular weight excluding hydrogens is 176 g/mol. The average Bonchev–Trinajstić information content (AvgIpc) is 2.16. The molecule has 3 nitrogen and oxygen atoms in total. The molecule has 0 aliphatic carbocycles. The maximum Gasteiger partial charge on any atom is 0.0593 e. The number of nitrogens with two attached hydrogens (primary N) is 1. The Kier molecular flexibility index (Phi) is 9.35. The van der Waals surface area contributed by atoms with E-state index in [2.05, 4.69) is 25.7 Å². The molecule has 0 saturated heterocycles. The lowest BCUT2D eigenvalue weighted by molar-refractivity contribution is 0.0865. The molecule has 0 aliphatic heterocycles. The van der Waals surface area contributed by atoms with Gasteiger partial charge < -0.3 is 15.4 Å². The van der Waals surface area contributed by atoms with E-state index in [0.717, 1.165) is 45.8 Å². The van der Waals surface area contributed by atoms with E-state index < -0.39 is 0 Å². The Morgan fingerprint density at radius 3 is 2.50 bits per heavy atom. The first kappa shape index (κ1) is 13.9. The van der Waals surface area contributed by atoms with Crippen LogP contribution in [0.2, 0.25) is 0 Å². The molecule has 0 heterocycles. The summed E-state index contributed by atoms with van der Waals surface area (Å²) in [5, 5.41) is 0. The van der Waals surface area contributed by atoms with Crippen LogP contribution in [-0.2, 0) is 4.74 Å². The summed E-state index contributed by atoms with van der Waals surface area (Å²) in [6.07, 6.45) is 1.08. The van der Waals surface area contributed by atoms with Crippen LogP contribution < -0.4 is 5.73 Å². The summed E-state index contributed by atoms with van der Waals surface area (Å²) in [5.74, 6) is 0.633. The van der Waals surface area contributed by atoms with Gasteiger partial charge in [0.2, 0.25) is 0 Å². The van der Waals surface area contributed by atoms with E-state index in [-0.39, 0.29) is 0 Å². The third-order valence-electron chi connectivity index (χ3n) is 2.13. The van der Waals surface area contributed by atoms with Crippen LogP contribution in [0.4, 0.5) is 0 Å². The highest BCUT2D eigenvalue weighted by molar-refractivity contribution is 4.55. The molecule has 0 atom stereocenters. The molecule has 0 bridgehead atoms. The first-order chi connectivity index (χ1) is 6.70. The van der Waals surface area contributed by atoms with Crippen molar-refractivity contribution in [2.45, 2.75) is 27.2 Å². The van der Waals surface area contributed by atoms with Gasteiger partial charge >= 0.3 is 0 Å². The van der Waals surface area contributed by atoms with Crippen LogP contribution in [0, 0.1) is 5.92 Å². The van der Waals surface area contributed by atoms with E-state index >= 15 is 0 Å². The van der Waals surface area contributed by atoms with Crippen LogP contribution in [0.3, 0.4) is 0 Å². The van der Waals surface area contributed by atoms with Crippen LogP contribution in [0.15, 0.2) is 0 Å². The van der Waals surface area contributed by atoms with Gasteiger partial charge in [0, 0.05) is 13.2 Å². The van der Waals surface area contributed by atoms with E-state index in [9.17, 15) is 0 Å². The van der Waals surface area contributed by atoms with Gasteiger partial charge in [0.1, 0.15) is 0 Å². The topological polar surface area (TPSA) is 38.5 Å². The molecule has 0 radical (unpaired) electrons. The third kappa shape index (κ3) is 8.48. The lowest BCUT2D eigenvalue weighted by Gasteiger charge is -2.20. The molecule has 0 rings (SSSR count). The predicted molar refractivity (Wildman–Crippen MR) is 61.4 cm³/mol. The minimum absolute atomic E-state index is 0.633. The van der Waals surface area contributed by atoms with Gasteiger partial charge in [-0.3, -0.25) is 0 Å². The summed E-state index contributed by atoms with van der Waals surface area (Å²) in [4.78, 5) is 2.38. The minimum atomic E-state index is 0.633. The standard InChI is InChI=1S/C11H26N2O/c1-4-13(7-5-6-12)8-9-14-10-11(2)3/h11H,4-10,12H2,1-3H3. The lowest BCUT2D eigenvalue weighted by Crippen LogP contribution is -2.30. The van der Waals surface area contributed by atoms with Crippen molar-refractivity contribution < 1.29 is 4.74 Å². The fourth-order valence-electron chi connectivity index (χ4n) is 1.26. The van der Waals surface area contributed by atoms with E-state index in [0.29, 0.717) is 5.92 Å². The molecule has 0 unspecified atom stereocenters. The number of hydrogen-bond acceptors (Lipinski definition) is 3. The zero-order valence-electron chi connectivity index (χ0n) is 9.96. The SMILES string of the molecule is CCN(CCCN)CCOCC(C)C. The van der Waals surface area contributed by atoms with Gasteiger partial charge in [-0.15, -0.1) is 0 Å². The molecule has 0 aromatic heterocycles. The largest absolute Gasteiger partial charge is 0.380 e. The second kappa shape index (κ2) is 9.44. The Morgan fingerprint density at radius 2 is 2.00 bits per heavy atom. The second-order valence-corrected chi connectivity index (χ2v) is 4.05. The van der Waals surface area contributed by atoms with Crippen molar-refractivity contribution in [3.05, 3.63) is 0 Å². The first-order valence-corrected chi connectivity index (χ1v) is 5.70. The van der Waals surface area contributed by atoms with Crippen molar-refractivity contribution in [1.29, 1.82) is 0 Å². The van der Waals surface area contributed by atoms with Crippen molar-refractivity contribution in [3.8, 4) is 0 Å². The van der Waals surface area contributed by atoms with Gasteiger partial charge in [0.25, 0.3) is 0 Å². The van der Waals surface area contributed by atoms with Crippen molar-refractivity contribution in [3.63, 3.8) is 0 Å². The fraction of sp³-hybridized carbons (Fsp3) is 1.00.